The van der Waals surface area contributed by atoms with E-state index >= 15 is 0 Å². The molecule has 1 heterocycles. The van der Waals surface area contributed by atoms with Gasteiger partial charge in [-0.3, -0.25) is 0 Å². The fourth-order valence-electron chi connectivity index (χ4n) is 3.08. The Kier molecular flexibility index (Phi) is 1.64. The lowest BCUT2D eigenvalue weighted by molar-refractivity contribution is -0.214. The van der Waals surface area contributed by atoms with E-state index in [1.165, 1.54) is 0 Å². The minimum absolute atomic E-state index is 0.0212. The van der Waals surface area contributed by atoms with Gasteiger partial charge in [0.15, 0.2) is 0 Å². The molecular formula is C10H13F4N. The first kappa shape index (κ1) is 9.87. The van der Waals surface area contributed by atoms with Gasteiger partial charge in [0, 0.05) is 50.2 Å². The predicted octanol–water partition coefficient (Wildman–Crippen LogP) is 2.37. The Balaban J connectivity index is 1.44. The van der Waals surface area contributed by atoms with E-state index in [-0.39, 0.29) is 24.7 Å². The van der Waals surface area contributed by atoms with Gasteiger partial charge in [0.1, 0.15) is 0 Å². The average Bonchev–Trinajstić information content (AvgIpc) is 2.51. The van der Waals surface area contributed by atoms with Crippen LogP contribution in [0, 0.1) is 11.3 Å². The van der Waals surface area contributed by atoms with Gasteiger partial charge in [0.2, 0.25) is 5.92 Å². The zero-order valence-electron chi connectivity index (χ0n) is 8.28. The normalized spacial score (nSPS) is 39.6. The summed E-state index contributed by atoms with van der Waals surface area (Å²) in [6.07, 6.45) is -0.109. The number of hydrogen-bond donors (Lipinski definition) is 0. The van der Waals surface area contributed by atoms with Gasteiger partial charge in [-0.05, 0) is 0 Å². The molecule has 15 heavy (non-hydrogen) atoms. The molecule has 3 aliphatic rings. The third-order valence-electron chi connectivity index (χ3n) is 3.82. The number of rotatable bonds is 2. The SMILES string of the molecule is FC1(F)CC2(CN(CC3CC3(F)F)C2)C1. The molecule has 1 spiro atoms. The molecule has 0 aromatic carbocycles. The lowest BCUT2D eigenvalue weighted by atomic mass is 9.61. The molecule has 0 aromatic heterocycles. The summed E-state index contributed by atoms with van der Waals surface area (Å²) >= 11 is 0. The highest BCUT2D eigenvalue weighted by atomic mass is 19.3. The van der Waals surface area contributed by atoms with Crippen LogP contribution in [0.1, 0.15) is 19.3 Å². The lowest BCUT2D eigenvalue weighted by Crippen LogP contribution is -2.65. The summed E-state index contributed by atoms with van der Waals surface area (Å²) in [5, 5.41) is 0. The molecule has 0 aromatic rings. The maximum Gasteiger partial charge on any atom is 0.252 e. The van der Waals surface area contributed by atoms with Gasteiger partial charge >= 0.3 is 0 Å². The quantitative estimate of drug-likeness (QED) is 0.650. The van der Waals surface area contributed by atoms with Gasteiger partial charge in [0.25, 0.3) is 5.92 Å². The first-order valence-corrected chi connectivity index (χ1v) is 5.28. The number of halogens is 4. The molecule has 5 heteroatoms. The largest absolute Gasteiger partial charge is 0.302 e. The summed E-state index contributed by atoms with van der Waals surface area (Å²) in [6.45, 7) is 1.57. The van der Waals surface area contributed by atoms with Crippen LogP contribution in [0.25, 0.3) is 0 Å². The van der Waals surface area contributed by atoms with Crippen molar-refractivity contribution in [1.29, 1.82) is 0 Å². The van der Waals surface area contributed by atoms with E-state index in [0.717, 1.165) is 0 Å². The van der Waals surface area contributed by atoms with Crippen molar-refractivity contribution >= 4 is 0 Å². The van der Waals surface area contributed by atoms with E-state index in [1.54, 1.807) is 0 Å². The van der Waals surface area contributed by atoms with Gasteiger partial charge in [-0.15, -0.1) is 0 Å². The van der Waals surface area contributed by atoms with Crippen molar-refractivity contribution in [3.05, 3.63) is 0 Å². The summed E-state index contributed by atoms with van der Waals surface area (Å²) in [7, 11) is 0. The van der Waals surface area contributed by atoms with Crippen LogP contribution in [0.5, 0.6) is 0 Å². The second-order valence-corrected chi connectivity index (χ2v) is 5.54. The van der Waals surface area contributed by atoms with Gasteiger partial charge < -0.3 is 4.90 Å². The highest BCUT2D eigenvalue weighted by Gasteiger charge is 2.64. The van der Waals surface area contributed by atoms with Gasteiger partial charge in [-0.1, -0.05) is 0 Å². The minimum atomic E-state index is -2.49. The van der Waals surface area contributed by atoms with Crippen molar-refractivity contribution in [2.24, 2.45) is 11.3 Å². The van der Waals surface area contributed by atoms with E-state index in [1.807, 2.05) is 4.90 Å². The molecule has 1 atom stereocenters. The molecule has 1 nitrogen and oxygen atoms in total. The van der Waals surface area contributed by atoms with Crippen molar-refractivity contribution in [2.45, 2.75) is 31.1 Å². The van der Waals surface area contributed by atoms with Crippen molar-refractivity contribution < 1.29 is 17.6 Å². The molecule has 3 fully saturated rings. The van der Waals surface area contributed by atoms with Gasteiger partial charge in [-0.25, -0.2) is 17.6 Å². The summed E-state index contributed by atoms with van der Waals surface area (Å²) in [5.41, 5.74) is -0.228. The fraction of sp³-hybridized carbons (Fsp3) is 1.00. The predicted molar refractivity (Wildman–Crippen MR) is 46.1 cm³/mol. The Morgan fingerprint density at radius 2 is 1.60 bits per heavy atom. The number of alkyl halides is 4. The molecule has 1 aliphatic heterocycles. The molecule has 0 amide bonds. The summed E-state index contributed by atoms with van der Waals surface area (Å²) in [4.78, 5) is 1.89. The molecule has 0 N–H and O–H groups in total. The highest BCUT2D eigenvalue weighted by molar-refractivity contribution is 5.09. The third-order valence-corrected chi connectivity index (χ3v) is 3.82. The van der Waals surface area contributed by atoms with Crippen LogP contribution in [0.15, 0.2) is 0 Å². The second kappa shape index (κ2) is 2.50. The smallest absolute Gasteiger partial charge is 0.252 e. The van der Waals surface area contributed by atoms with Crippen LogP contribution in [0.3, 0.4) is 0 Å². The standard InChI is InChI=1S/C10H13F4N/c11-9(12)3-8(4-9)5-15(6-8)2-7-1-10(7,13)14/h7H,1-6H2. The Bertz CT molecular complexity index is 286. The summed E-state index contributed by atoms with van der Waals surface area (Å²) in [6, 6.07) is 0. The van der Waals surface area contributed by atoms with E-state index in [4.69, 9.17) is 0 Å². The molecule has 1 saturated heterocycles. The van der Waals surface area contributed by atoms with Crippen LogP contribution in [-0.4, -0.2) is 36.4 Å². The average molecular weight is 223 g/mol. The molecule has 0 bridgehead atoms. The second-order valence-electron chi connectivity index (χ2n) is 5.54. The molecular weight excluding hydrogens is 210 g/mol. The van der Waals surface area contributed by atoms with Crippen LogP contribution >= 0.6 is 0 Å². The van der Waals surface area contributed by atoms with Crippen molar-refractivity contribution in [2.75, 3.05) is 19.6 Å². The van der Waals surface area contributed by atoms with Crippen LogP contribution in [-0.2, 0) is 0 Å². The third kappa shape index (κ3) is 1.55. The number of nitrogens with zero attached hydrogens (tertiary/aromatic N) is 1. The lowest BCUT2D eigenvalue weighted by Gasteiger charge is -2.58. The van der Waals surface area contributed by atoms with E-state index in [0.29, 0.717) is 19.6 Å². The Hall–Kier alpha value is -0.320. The summed E-state index contributed by atoms with van der Waals surface area (Å²) < 4.78 is 50.4. The van der Waals surface area contributed by atoms with Crippen molar-refractivity contribution in [3.8, 4) is 0 Å². The molecule has 1 unspecified atom stereocenters. The van der Waals surface area contributed by atoms with E-state index in [9.17, 15) is 17.6 Å². The monoisotopic (exact) mass is 223 g/mol. The maximum atomic E-state index is 12.6. The van der Waals surface area contributed by atoms with E-state index in [2.05, 4.69) is 0 Å². The van der Waals surface area contributed by atoms with Gasteiger partial charge in [-0.2, -0.15) is 0 Å². The van der Waals surface area contributed by atoms with Crippen molar-refractivity contribution in [1.82, 2.24) is 4.90 Å². The topological polar surface area (TPSA) is 3.24 Å². The Morgan fingerprint density at radius 3 is 2.00 bits per heavy atom. The molecule has 2 saturated carbocycles. The molecule has 2 aliphatic carbocycles. The zero-order chi connectivity index (χ0) is 10.9. The molecule has 86 valence electrons. The Labute approximate surface area is 85.4 Å². The fourth-order valence-corrected chi connectivity index (χ4v) is 3.08. The maximum absolute atomic E-state index is 12.6. The minimum Gasteiger partial charge on any atom is -0.302 e. The number of hydrogen-bond acceptors (Lipinski definition) is 1. The van der Waals surface area contributed by atoms with E-state index < -0.39 is 17.8 Å². The Morgan fingerprint density at radius 1 is 1.07 bits per heavy atom. The van der Waals surface area contributed by atoms with Crippen molar-refractivity contribution in [3.63, 3.8) is 0 Å². The van der Waals surface area contributed by atoms with Crippen LogP contribution in [0.2, 0.25) is 0 Å². The van der Waals surface area contributed by atoms with Gasteiger partial charge in [0.05, 0.1) is 0 Å². The molecule has 0 radical (unpaired) electrons. The first-order chi connectivity index (χ1) is 6.80. The number of likely N-dealkylation sites (tertiary alicyclic amines) is 1. The summed E-state index contributed by atoms with van der Waals surface area (Å²) in [5.74, 6) is -5.49. The molecule has 3 rings (SSSR count). The van der Waals surface area contributed by atoms with Crippen LogP contribution in [0.4, 0.5) is 17.6 Å². The highest BCUT2D eigenvalue weighted by Crippen LogP contribution is 2.58. The van der Waals surface area contributed by atoms with Crippen LogP contribution < -0.4 is 0 Å². The zero-order valence-corrected chi connectivity index (χ0v) is 8.28. The first-order valence-electron chi connectivity index (χ1n) is 5.28.